The standard InChI is InChI=1S/C17H21ClN2O6S/c1-2-27(25,26)8-7-14(17(23)24)19-16(22)11-9-15(21)20(10-11)13-5-3-12(18)4-6-13/h3-6,11,14H,2,7-10H2,1H3,(H,19,22)(H,23,24). The Morgan fingerprint density at radius 2 is 1.96 bits per heavy atom. The first-order valence-electron chi connectivity index (χ1n) is 8.42. The lowest BCUT2D eigenvalue weighted by Gasteiger charge is -2.18. The molecule has 0 aromatic heterocycles. The van der Waals surface area contributed by atoms with E-state index in [0.717, 1.165) is 0 Å². The second-order valence-electron chi connectivity index (χ2n) is 6.31. The molecule has 1 fully saturated rings. The van der Waals surface area contributed by atoms with Gasteiger partial charge in [-0.15, -0.1) is 0 Å². The molecule has 2 rings (SSSR count). The van der Waals surface area contributed by atoms with Gasteiger partial charge in [-0.1, -0.05) is 18.5 Å². The fraction of sp³-hybridized carbons (Fsp3) is 0.471. The summed E-state index contributed by atoms with van der Waals surface area (Å²) < 4.78 is 23.1. The summed E-state index contributed by atoms with van der Waals surface area (Å²) >= 11 is 5.83. The lowest BCUT2D eigenvalue weighted by molar-refractivity contribution is -0.142. The van der Waals surface area contributed by atoms with E-state index >= 15 is 0 Å². The van der Waals surface area contributed by atoms with Gasteiger partial charge in [-0.25, -0.2) is 13.2 Å². The van der Waals surface area contributed by atoms with Crippen molar-refractivity contribution in [3.8, 4) is 0 Å². The van der Waals surface area contributed by atoms with Crippen LogP contribution in [-0.4, -0.2) is 55.4 Å². The van der Waals surface area contributed by atoms with E-state index in [0.29, 0.717) is 10.7 Å². The molecule has 1 aromatic carbocycles. The minimum absolute atomic E-state index is 0.0476. The molecule has 0 spiro atoms. The molecular weight excluding hydrogens is 396 g/mol. The number of anilines is 1. The predicted octanol–water partition coefficient (Wildman–Crippen LogP) is 1.09. The number of benzene rings is 1. The number of hydrogen-bond acceptors (Lipinski definition) is 5. The first kappa shape index (κ1) is 21.2. The summed E-state index contributed by atoms with van der Waals surface area (Å²) in [6.45, 7) is 1.59. The number of amides is 2. The number of nitrogens with one attached hydrogen (secondary N) is 1. The molecule has 148 valence electrons. The Kier molecular flexibility index (Phi) is 6.83. The molecule has 1 aliphatic heterocycles. The summed E-state index contributed by atoms with van der Waals surface area (Å²) in [7, 11) is -3.35. The van der Waals surface area contributed by atoms with Gasteiger partial charge in [-0.3, -0.25) is 9.59 Å². The number of sulfone groups is 1. The Morgan fingerprint density at radius 1 is 1.33 bits per heavy atom. The van der Waals surface area contributed by atoms with Crippen molar-refractivity contribution in [1.29, 1.82) is 0 Å². The molecule has 1 aromatic rings. The molecule has 1 saturated heterocycles. The average Bonchev–Trinajstić information content (AvgIpc) is 3.00. The molecule has 2 atom stereocenters. The molecular formula is C17H21ClN2O6S. The number of aliphatic carboxylic acids is 1. The normalized spacial score (nSPS) is 18.4. The molecule has 2 N–H and O–H groups in total. The van der Waals surface area contributed by atoms with Gasteiger partial charge in [0.15, 0.2) is 0 Å². The molecule has 1 aliphatic rings. The van der Waals surface area contributed by atoms with Gasteiger partial charge in [0.25, 0.3) is 0 Å². The third-order valence-corrected chi connectivity index (χ3v) is 6.40. The van der Waals surface area contributed by atoms with E-state index in [2.05, 4.69) is 5.32 Å². The molecule has 2 amide bonds. The van der Waals surface area contributed by atoms with Crippen LogP contribution in [0.4, 0.5) is 5.69 Å². The zero-order valence-corrected chi connectivity index (χ0v) is 16.3. The first-order chi connectivity index (χ1) is 12.6. The van der Waals surface area contributed by atoms with Gasteiger partial charge in [0.05, 0.1) is 11.7 Å². The van der Waals surface area contributed by atoms with E-state index < -0.39 is 33.7 Å². The number of rotatable bonds is 8. The third kappa shape index (κ3) is 5.67. The monoisotopic (exact) mass is 416 g/mol. The number of carboxylic acids is 1. The highest BCUT2D eigenvalue weighted by Crippen LogP contribution is 2.26. The molecule has 8 nitrogen and oxygen atoms in total. The fourth-order valence-electron chi connectivity index (χ4n) is 2.74. The Morgan fingerprint density at radius 3 is 2.52 bits per heavy atom. The molecule has 0 saturated carbocycles. The molecule has 27 heavy (non-hydrogen) atoms. The summed E-state index contributed by atoms with van der Waals surface area (Å²) in [6.07, 6.45) is -0.271. The van der Waals surface area contributed by atoms with E-state index in [1.807, 2.05) is 0 Å². The summed E-state index contributed by atoms with van der Waals surface area (Å²) in [4.78, 5) is 37.4. The maximum Gasteiger partial charge on any atom is 0.326 e. The summed E-state index contributed by atoms with van der Waals surface area (Å²) in [5, 5.41) is 12.1. The topological polar surface area (TPSA) is 121 Å². The highest BCUT2D eigenvalue weighted by Gasteiger charge is 2.36. The van der Waals surface area contributed by atoms with Gasteiger partial charge in [-0.05, 0) is 30.7 Å². The molecule has 1 heterocycles. The van der Waals surface area contributed by atoms with Gasteiger partial charge >= 0.3 is 5.97 Å². The Labute approximate surface area is 162 Å². The Hall–Kier alpha value is -2.13. The van der Waals surface area contributed by atoms with Crippen molar-refractivity contribution in [3.05, 3.63) is 29.3 Å². The van der Waals surface area contributed by atoms with E-state index in [9.17, 15) is 27.9 Å². The van der Waals surface area contributed by atoms with Crippen LogP contribution in [0.25, 0.3) is 0 Å². The first-order valence-corrected chi connectivity index (χ1v) is 10.6. The van der Waals surface area contributed by atoms with E-state index in [4.69, 9.17) is 11.6 Å². The van der Waals surface area contributed by atoms with Crippen LogP contribution >= 0.6 is 11.6 Å². The van der Waals surface area contributed by atoms with Gasteiger partial charge in [0.1, 0.15) is 15.9 Å². The minimum atomic E-state index is -3.35. The van der Waals surface area contributed by atoms with Gasteiger partial charge in [-0.2, -0.15) is 0 Å². The quantitative estimate of drug-likeness (QED) is 0.654. The van der Waals surface area contributed by atoms with Crippen LogP contribution in [0.15, 0.2) is 24.3 Å². The maximum atomic E-state index is 12.4. The van der Waals surface area contributed by atoms with E-state index in [1.165, 1.54) is 11.8 Å². The lowest BCUT2D eigenvalue weighted by Crippen LogP contribution is -2.45. The molecule has 2 unspecified atom stereocenters. The van der Waals surface area contributed by atoms with Crippen LogP contribution in [-0.2, 0) is 24.2 Å². The summed E-state index contributed by atoms with van der Waals surface area (Å²) in [6, 6.07) is 5.27. The van der Waals surface area contributed by atoms with Crippen molar-refractivity contribution in [2.24, 2.45) is 5.92 Å². The lowest BCUT2D eigenvalue weighted by atomic mass is 10.1. The minimum Gasteiger partial charge on any atom is -0.480 e. The number of carboxylic acid groups (broad SMARTS) is 1. The SMILES string of the molecule is CCS(=O)(=O)CCC(NC(=O)C1CC(=O)N(c2ccc(Cl)cc2)C1)C(=O)O. The van der Waals surface area contributed by atoms with Crippen LogP contribution in [0.1, 0.15) is 19.8 Å². The van der Waals surface area contributed by atoms with Gasteiger partial charge in [0.2, 0.25) is 11.8 Å². The second-order valence-corrected chi connectivity index (χ2v) is 9.22. The van der Waals surface area contributed by atoms with Gasteiger partial charge < -0.3 is 15.3 Å². The van der Waals surface area contributed by atoms with Crippen LogP contribution < -0.4 is 10.2 Å². The largest absolute Gasteiger partial charge is 0.480 e. The van der Waals surface area contributed by atoms with Crippen molar-refractivity contribution >= 4 is 44.9 Å². The van der Waals surface area contributed by atoms with Crippen molar-refractivity contribution in [1.82, 2.24) is 5.32 Å². The number of hydrogen-bond donors (Lipinski definition) is 2. The number of nitrogens with zero attached hydrogens (tertiary/aromatic N) is 1. The molecule has 0 radical (unpaired) electrons. The predicted molar refractivity (Wildman–Crippen MR) is 100 cm³/mol. The van der Waals surface area contributed by atoms with Crippen molar-refractivity contribution in [2.45, 2.75) is 25.8 Å². The summed E-state index contributed by atoms with van der Waals surface area (Å²) in [5.41, 5.74) is 0.600. The van der Waals surface area contributed by atoms with Crippen LogP contribution in [0.5, 0.6) is 0 Å². The smallest absolute Gasteiger partial charge is 0.326 e. The van der Waals surface area contributed by atoms with Gasteiger partial charge in [0, 0.05) is 29.4 Å². The van der Waals surface area contributed by atoms with Crippen LogP contribution in [0.3, 0.4) is 0 Å². The highest BCUT2D eigenvalue weighted by atomic mass is 35.5. The van der Waals surface area contributed by atoms with E-state index in [-0.39, 0.29) is 36.8 Å². The van der Waals surface area contributed by atoms with Crippen molar-refractivity contribution < 1.29 is 27.9 Å². The fourth-order valence-corrected chi connectivity index (χ4v) is 3.75. The zero-order valence-electron chi connectivity index (χ0n) is 14.7. The number of carbonyl (C=O) groups is 3. The maximum absolute atomic E-state index is 12.4. The zero-order chi connectivity index (χ0) is 20.2. The average molecular weight is 417 g/mol. The van der Waals surface area contributed by atoms with Crippen molar-refractivity contribution in [3.63, 3.8) is 0 Å². The molecule has 10 heteroatoms. The molecule has 0 bridgehead atoms. The summed E-state index contributed by atoms with van der Waals surface area (Å²) in [5.74, 6) is -3.29. The van der Waals surface area contributed by atoms with Crippen molar-refractivity contribution in [2.75, 3.05) is 23.0 Å². The highest BCUT2D eigenvalue weighted by molar-refractivity contribution is 7.91. The Bertz CT molecular complexity index is 824. The Balaban J connectivity index is 2.00. The third-order valence-electron chi connectivity index (χ3n) is 4.41. The number of carbonyl (C=O) groups excluding carboxylic acids is 2. The molecule has 0 aliphatic carbocycles. The second kappa shape index (κ2) is 8.71. The number of halogens is 1. The van der Waals surface area contributed by atoms with Crippen LogP contribution in [0.2, 0.25) is 5.02 Å². The van der Waals surface area contributed by atoms with Crippen LogP contribution in [0, 0.1) is 5.92 Å². The van der Waals surface area contributed by atoms with E-state index in [1.54, 1.807) is 24.3 Å².